The first-order valence-corrected chi connectivity index (χ1v) is 10.8. The van der Waals surface area contributed by atoms with Gasteiger partial charge in [-0.05, 0) is 22.1 Å². The molecule has 0 bridgehead atoms. The van der Waals surface area contributed by atoms with Crippen LogP contribution in [0.5, 0.6) is 0 Å². The number of carbonyl (C=O) groups is 1. The molecule has 0 N–H and O–H groups in total. The van der Waals surface area contributed by atoms with Crippen LogP contribution in [0.4, 0.5) is 0 Å². The number of hydrogen-bond donors (Lipinski definition) is 0. The molecule has 0 aliphatic carbocycles. The SMILES string of the molecule is CC(C)(C)C(c1ccccc1)(c1ccccc1)c1ccc(C(=O)c2ccccc2)cc1. The second-order valence-electron chi connectivity index (χ2n) is 9.00. The van der Waals surface area contributed by atoms with E-state index in [1.807, 2.05) is 42.5 Å². The lowest BCUT2D eigenvalue weighted by atomic mass is 9.56. The molecule has 4 rings (SSSR count). The Hall–Kier alpha value is -3.45. The fraction of sp³-hybridized carbons (Fsp3) is 0.167. The zero-order chi connectivity index (χ0) is 21.9. The number of carbonyl (C=O) groups excluding carboxylic acids is 1. The average Bonchev–Trinajstić information content (AvgIpc) is 2.81. The van der Waals surface area contributed by atoms with Crippen LogP contribution >= 0.6 is 0 Å². The van der Waals surface area contributed by atoms with E-state index in [9.17, 15) is 4.79 Å². The highest BCUT2D eigenvalue weighted by Gasteiger charge is 2.46. The van der Waals surface area contributed by atoms with Gasteiger partial charge in [0.1, 0.15) is 0 Å². The number of benzene rings is 4. The largest absolute Gasteiger partial charge is 0.289 e. The van der Waals surface area contributed by atoms with Crippen LogP contribution in [0, 0.1) is 5.41 Å². The van der Waals surface area contributed by atoms with Crippen LogP contribution in [-0.2, 0) is 5.41 Å². The van der Waals surface area contributed by atoms with Gasteiger partial charge in [-0.1, -0.05) is 136 Å². The Morgan fingerprint density at radius 1 is 0.484 bits per heavy atom. The van der Waals surface area contributed by atoms with E-state index in [4.69, 9.17) is 0 Å². The monoisotopic (exact) mass is 404 g/mol. The van der Waals surface area contributed by atoms with Crippen molar-refractivity contribution < 1.29 is 4.79 Å². The highest BCUT2D eigenvalue weighted by atomic mass is 16.1. The molecule has 4 aromatic carbocycles. The molecule has 0 spiro atoms. The molecular weight excluding hydrogens is 376 g/mol. The first-order chi connectivity index (χ1) is 14.9. The summed E-state index contributed by atoms with van der Waals surface area (Å²) in [5, 5.41) is 0. The lowest BCUT2D eigenvalue weighted by Crippen LogP contribution is -2.42. The van der Waals surface area contributed by atoms with Gasteiger partial charge in [0.2, 0.25) is 0 Å². The summed E-state index contributed by atoms with van der Waals surface area (Å²) in [6.07, 6.45) is 0. The molecule has 1 nitrogen and oxygen atoms in total. The molecule has 0 fully saturated rings. The van der Waals surface area contributed by atoms with Gasteiger partial charge in [-0.2, -0.15) is 0 Å². The zero-order valence-electron chi connectivity index (χ0n) is 18.4. The summed E-state index contributed by atoms with van der Waals surface area (Å²) in [5.74, 6) is 0.0490. The third-order valence-electron chi connectivity index (χ3n) is 6.15. The Bertz CT molecular complexity index is 1100. The molecule has 0 radical (unpaired) electrons. The lowest BCUT2D eigenvalue weighted by Gasteiger charge is -2.47. The average molecular weight is 405 g/mol. The van der Waals surface area contributed by atoms with Crippen molar-refractivity contribution in [1.82, 2.24) is 0 Å². The summed E-state index contributed by atoms with van der Waals surface area (Å²) in [6.45, 7) is 6.86. The maximum atomic E-state index is 12.9. The minimum absolute atomic E-state index is 0.0490. The molecule has 0 amide bonds. The highest BCUT2D eigenvalue weighted by molar-refractivity contribution is 6.08. The van der Waals surface area contributed by atoms with Gasteiger partial charge >= 0.3 is 0 Å². The van der Waals surface area contributed by atoms with Gasteiger partial charge in [-0.15, -0.1) is 0 Å². The Morgan fingerprint density at radius 2 is 0.839 bits per heavy atom. The molecule has 0 heterocycles. The summed E-state index contributed by atoms with van der Waals surface area (Å²) < 4.78 is 0. The van der Waals surface area contributed by atoms with Gasteiger partial charge in [0, 0.05) is 16.5 Å². The van der Waals surface area contributed by atoms with Crippen LogP contribution in [-0.4, -0.2) is 5.78 Å². The molecular formula is C30H28O. The first-order valence-electron chi connectivity index (χ1n) is 10.8. The van der Waals surface area contributed by atoms with Crippen molar-refractivity contribution in [2.24, 2.45) is 5.41 Å². The standard InChI is InChI=1S/C30H28O/c1-29(2,3)30(25-15-9-5-10-16-25,26-17-11-6-12-18-26)27-21-19-24(20-22-27)28(31)23-13-7-4-8-14-23/h4-22H,1-3H3. The number of rotatable bonds is 5. The second kappa shape index (κ2) is 8.35. The Labute approximate surface area is 185 Å². The molecule has 0 aromatic heterocycles. The van der Waals surface area contributed by atoms with Crippen LogP contribution in [0.15, 0.2) is 115 Å². The third kappa shape index (κ3) is 3.72. The van der Waals surface area contributed by atoms with Gasteiger partial charge in [0.15, 0.2) is 5.78 Å². The molecule has 154 valence electrons. The Kier molecular flexibility index (Phi) is 5.61. The van der Waals surface area contributed by atoms with Crippen LogP contribution in [0.1, 0.15) is 53.4 Å². The van der Waals surface area contributed by atoms with Gasteiger partial charge in [0.05, 0.1) is 0 Å². The van der Waals surface area contributed by atoms with E-state index in [-0.39, 0.29) is 16.6 Å². The molecule has 0 aliphatic rings. The van der Waals surface area contributed by atoms with Crippen molar-refractivity contribution >= 4 is 5.78 Å². The maximum Gasteiger partial charge on any atom is 0.193 e. The smallest absolute Gasteiger partial charge is 0.193 e. The minimum Gasteiger partial charge on any atom is -0.289 e. The fourth-order valence-electron chi connectivity index (χ4n) is 4.80. The summed E-state index contributed by atoms with van der Waals surface area (Å²) in [6, 6.07) is 39.0. The van der Waals surface area contributed by atoms with Gasteiger partial charge in [-0.3, -0.25) is 4.79 Å². The predicted octanol–water partition coefficient (Wildman–Crippen LogP) is 7.30. The minimum atomic E-state index is -0.357. The van der Waals surface area contributed by atoms with Crippen LogP contribution in [0.3, 0.4) is 0 Å². The van der Waals surface area contributed by atoms with Crippen LogP contribution < -0.4 is 0 Å². The van der Waals surface area contributed by atoms with Gasteiger partial charge in [-0.25, -0.2) is 0 Å². The van der Waals surface area contributed by atoms with Crippen molar-refractivity contribution in [2.75, 3.05) is 0 Å². The second-order valence-corrected chi connectivity index (χ2v) is 9.00. The molecule has 0 aliphatic heterocycles. The van der Waals surface area contributed by atoms with Crippen molar-refractivity contribution in [3.63, 3.8) is 0 Å². The van der Waals surface area contributed by atoms with E-state index in [0.717, 1.165) is 0 Å². The maximum absolute atomic E-state index is 12.9. The van der Waals surface area contributed by atoms with E-state index in [1.54, 1.807) is 0 Å². The molecule has 0 saturated heterocycles. The fourth-order valence-corrected chi connectivity index (χ4v) is 4.80. The van der Waals surface area contributed by atoms with E-state index in [0.29, 0.717) is 11.1 Å². The Balaban J connectivity index is 1.90. The molecule has 1 heteroatoms. The lowest BCUT2D eigenvalue weighted by molar-refractivity contribution is 0.103. The molecule has 31 heavy (non-hydrogen) atoms. The molecule has 0 unspecified atom stereocenters. The van der Waals surface area contributed by atoms with Crippen molar-refractivity contribution in [3.05, 3.63) is 143 Å². The normalized spacial score (nSPS) is 11.8. The topological polar surface area (TPSA) is 17.1 Å². The third-order valence-corrected chi connectivity index (χ3v) is 6.15. The van der Waals surface area contributed by atoms with Crippen LogP contribution in [0.25, 0.3) is 0 Å². The molecule has 0 saturated carbocycles. The van der Waals surface area contributed by atoms with Crippen LogP contribution in [0.2, 0.25) is 0 Å². The van der Waals surface area contributed by atoms with E-state index < -0.39 is 0 Å². The van der Waals surface area contributed by atoms with E-state index in [2.05, 4.69) is 93.6 Å². The summed E-state index contributed by atoms with van der Waals surface area (Å²) >= 11 is 0. The van der Waals surface area contributed by atoms with Crippen molar-refractivity contribution in [3.8, 4) is 0 Å². The predicted molar refractivity (Wildman–Crippen MR) is 129 cm³/mol. The summed E-state index contributed by atoms with van der Waals surface area (Å²) in [5.41, 5.74) is 4.63. The van der Waals surface area contributed by atoms with Gasteiger partial charge in [0.25, 0.3) is 0 Å². The summed E-state index contributed by atoms with van der Waals surface area (Å²) in [4.78, 5) is 12.9. The van der Waals surface area contributed by atoms with Crippen molar-refractivity contribution in [1.29, 1.82) is 0 Å². The first kappa shape index (κ1) is 20.8. The highest BCUT2D eigenvalue weighted by Crippen LogP contribution is 2.51. The molecule has 4 aromatic rings. The quantitative estimate of drug-likeness (QED) is 0.252. The zero-order valence-corrected chi connectivity index (χ0v) is 18.4. The summed E-state index contributed by atoms with van der Waals surface area (Å²) in [7, 11) is 0. The van der Waals surface area contributed by atoms with Gasteiger partial charge < -0.3 is 0 Å². The number of hydrogen-bond acceptors (Lipinski definition) is 1. The van der Waals surface area contributed by atoms with E-state index >= 15 is 0 Å². The number of ketones is 1. The van der Waals surface area contributed by atoms with E-state index in [1.165, 1.54) is 16.7 Å². The van der Waals surface area contributed by atoms with Crippen molar-refractivity contribution in [2.45, 2.75) is 26.2 Å². The Morgan fingerprint density at radius 3 is 1.26 bits per heavy atom. The molecule has 0 atom stereocenters.